The van der Waals surface area contributed by atoms with Gasteiger partial charge in [-0.1, -0.05) is 130 Å². The Labute approximate surface area is 241 Å². The number of hydrogen-bond acceptors (Lipinski definition) is 3. The Hall–Kier alpha value is -3.17. The third-order valence-corrected chi connectivity index (χ3v) is 17.7. The summed E-state index contributed by atoms with van der Waals surface area (Å²) >= 11 is 0. The van der Waals surface area contributed by atoms with Crippen molar-refractivity contribution in [3.63, 3.8) is 0 Å². The van der Waals surface area contributed by atoms with Crippen LogP contribution >= 0.6 is 0 Å². The molecule has 0 spiro atoms. The van der Waals surface area contributed by atoms with Gasteiger partial charge in [0.15, 0.2) is 6.10 Å². The second-order valence-corrected chi connectivity index (χ2v) is 24.7. The predicted molar refractivity (Wildman–Crippen MR) is 166 cm³/mol. The Morgan fingerprint density at radius 2 is 1.23 bits per heavy atom. The number of amides is 2. The SMILES string of the molecule is CC1N(C([Si](C)(C)C)[Si](C)(C)C)C(=O)[C@]1(Cc1ccccc1)N1C(=O)O[C@H](c2ccccc2)[C@@H]1c1ccccc1. The maximum Gasteiger partial charge on any atom is 0.412 e. The molecule has 210 valence electrons. The summed E-state index contributed by atoms with van der Waals surface area (Å²) in [7, 11) is -3.53. The topological polar surface area (TPSA) is 49.9 Å². The maximum atomic E-state index is 14.9. The molecule has 2 aliphatic heterocycles. The van der Waals surface area contributed by atoms with E-state index in [0.717, 1.165) is 16.7 Å². The molecule has 2 fully saturated rings. The van der Waals surface area contributed by atoms with E-state index in [2.05, 4.69) is 63.2 Å². The quantitative estimate of drug-likeness (QED) is 0.212. The number of hydrogen-bond donors (Lipinski definition) is 0. The zero-order valence-electron chi connectivity index (χ0n) is 24.8. The van der Waals surface area contributed by atoms with Crippen LogP contribution in [0.2, 0.25) is 39.3 Å². The smallest absolute Gasteiger partial charge is 0.412 e. The molecule has 0 N–H and O–H groups in total. The lowest BCUT2D eigenvalue weighted by molar-refractivity contribution is -0.173. The number of rotatable bonds is 8. The normalized spacial score (nSPS) is 25.2. The van der Waals surface area contributed by atoms with Gasteiger partial charge >= 0.3 is 6.09 Å². The van der Waals surface area contributed by atoms with E-state index in [1.54, 1.807) is 0 Å². The molecule has 2 saturated heterocycles. The Morgan fingerprint density at radius 3 is 1.70 bits per heavy atom. The van der Waals surface area contributed by atoms with E-state index in [0.29, 0.717) is 6.42 Å². The first-order valence-corrected chi connectivity index (χ1v) is 21.5. The molecule has 2 heterocycles. The Morgan fingerprint density at radius 1 is 0.750 bits per heavy atom. The van der Waals surface area contributed by atoms with Crippen LogP contribution in [0.1, 0.15) is 35.8 Å². The summed E-state index contributed by atoms with van der Waals surface area (Å²) in [5.74, 6) is 0.0605. The van der Waals surface area contributed by atoms with Gasteiger partial charge in [-0.3, -0.25) is 9.69 Å². The zero-order valence-corrected chi connectivity index (χ0v) is 26.8. The van der Waals surface area contributed by atoms with Crippen LogP contribution in [-0.4, -0.2) is 54.8 Å². The van der Waals surface area contributed by atoms with Gasteiger partial charge in [0.05, 0.1) is 22.2 Å². The van der Waals surface area contributed by atoms with Gasteiger partial charge < -0.3 is 9.64 Å². The molecule has 0 aromatic heterocycles. The molecule has 0 radical (unpaired) electrons. The van der Waals surface area contributed by atoms with Crippen LogP contribution < -0.4 is 0 Å². The molecule has 1 unspecified atom stereocenters. The molecular weight excluding hydrogens is 529 g/mol. The fourth-order valence-electron chi connectivity index (χ4n) is 7.49. The van der Waals surface area contributed by atoms with E-state index in [1.807, 2.05) is 83.8 Å². The number of ether oxygens (including phenoxy) is 1. The summed E-state index contributed by atoms with van der Waals surface area (Å²) in [4.78, 5) is 33.0. The summed E-state index contributed by atoms with van der Waals surface area (Å²) in [6, 6.07) is 29.5. The molecule has 0 bridgehead atoms. The number of β-lactam (4-membered cyclic amide) rings is 1. The first-order chi connectivity index (χ1) is 18.9. The summed E-state index contributed by atoms with van der Waals surface area (Å²) in [5.41, 5.74) is 1.91. The van der Waals surface area contributed by atoms with Crippen LogP contribution in [0.3, 0.4) is 0 Å². The fraction of sp³-hybridized carbons (Fsp3) is 0.394. The van der Waals surface area contributed by atoms with Gasteiger partial charge in [0.25, 0.3) is 5.91 Å². The van der Waals surface area contributed by atoms with E-state index in [1.165, 1.54) is 0 Å². The van der Waals surface area contributed by atoms with Crippen molar-refractivity contribution in [3.8, 4) is 0 Å². The lowest BCUT2D eigenvalue weighted by atomic mass is 9.72. The largest absolute Gasteiger partial charge is 0.439 e. The average Bonchev–Trinajstić information content (AvgIpc) is 3.27. The first-order valence-electron chi connectivity index (χ1n) is 14.3. The summed E-state index contributed by atoms with van der Waals surface area (Å²) in [6.07, 6.45) is -0.479. The highest BCUT2D eigenvalue weighted by Gasteiger charge is 2.70. The lowest BCUT2D eigenvalue weighted by Crippen LogP contribution is -2.85. The Balaban J connectivity index is 1.68. The molecular formula is C33H42N2O3Si2. The monoisotopic (exact) mass is 570 g/mol. The third kappa shape index (κ3) is 4.73. The average molecular weight is 571 g/mol. The molecule has 0 saturated carbocycles. The highest BCUT2D eigenvalue weighted by atomic mass is 28.4. The van der Waals surface area contributed by atoms with Gasteiger partial charge in [-0.15, -0.1) is 0 Å². The lowest BCUT2D eigenvalue weighted by Gasteiger charge is -2.64. The predicted octanol–water partition coefficient (Wildman–Crippen LogP) is 7.26. The van der Waals surface area contributed by atoms with Crippen LogP contribution in [0.25, 0.3) is 0 Å². The van der Waals surface area contributed by atoms with Crippen LogP contribution in [0.15, 0.2) is 91.0 Å². The maximum absolute atomic E-state index is 14.9. The minimum Gasteiger partial charge on any atom is -0.439 e. The molecule has 5 rings (SSSR count). The van der Waals surface area contributed by atoms with Crippen molar-refractivity contribution in [2.45, 2.75) is 81.6 Å². The van der Waals surface area contributed by atoms with Crippen LogP contribution in [-0.2, 0) is 16.0 Å². The minimum atomic E-state index is -1.76. The van der Waals surface area contributed by atoms with Crippen molar-refractivity contribution < 1.29 is 14.3 Å². The number of carbonyl (C=O) groups is 2. The number of benzene rings is 3. The van der Waals surface area contributed by atoms with E-state index < -0.39 is 39.9 Å². The van der Waals surface area contributed by atoms with Crippen LogP contribution in [0.5, 0.6) is 0 Å². The highest BCUT2D eigenvalue weighted by Crippen LogP contribution is 2.53. The summed E-state index contributed by atoms with van der Waals surface area (Å²) in [6.45, 7) is 16.4. The van der Waals surface area contributed by atoms with Gasteiger partial charge in [0.2, 0.25) is 0 Å². The van der Waals surface area contributed by atoms with Crippen LogP contribution in [0, 0.1) is 0 Å². The van der Waals surface area contributed by atoms with E-state index in [-0.39, 0.29) is 17.2 Å². The molecule has 5 nitrogen and oxygen atoms in total. The van der Waals surface area contributed by atoms with Crippen molar-refractivity contribution in [2.75, 3.05) is 0 Å². The van der Waals surface area contributed by atoms with Gasteiger partial charge in [-0.2, -0.15) is 0 Å². The number of cyclic esters (lactones) is 1. The van der Waals surface area contributed by atoms with Gasteiger partial charge in [0, 0.05) is 11.7 Å². The van der Waals surface area contributed by atoms with E-state index in [4.69, 9.17) is 4.74 Å². The van der Waals surface area contributed by atoms with Crippen molar-refractivity contribution in [1.29, 1.82) is 0 Å². The van der Waals surface area contributed by atoms with Crippen molar-refractivity contribution in [2.24, 2.45) is 0 Å². The number of carbonyl (C=O) groups excluding carboxylic acids is 2. The first kappa shape index (κ1) is 28.4. The zero-order chi connectivity index (χ0) is 28.9. The molecule has 3 aromatic rings. The third-order valence-electron chi connectivity index (χ3n) is 8.64. The second kappa shape index (κ2) is 10.3. The van der Waals surface area contributed by atoms with E-state index in [9.17, 15) is 9.59 Å². The van der Waals surface area contributed by atoms with Crippen molar-refractivity contribution in [1.82, 2.24) is 9.80 Å². The molecule has 4 atom stereocenters. The molecule has 2 amide bonds. The molecule has 7 heteroatoms. The van der Waals surface area contributed by atoms with Crippen LogP contribution in [0.4, 0.5) is 4.79 Å². The number of likely N-dealkylation sites (tertiary alicyclic amines) is 1. The second-order valence-electron chi connectivity index (χ2n) is 13.6. The molecule has 2 aliphatic rings. The van der Waals surface area contributed by atoms with Gasteiger partial charge in [-0.25, -0.2) is 4.79 Å². The minimum absolute atomic E-state index is 0.0605. The van der Waals surface area contributed by atoms with Gasteiger partial charge in [-0.05, 0) is 23.6 Å². The van der Waals surface area contributed by atoms with E-state index >= 15 is 0 Å². The Bertz CT molecular complexity index is 1340. The molecule has 40 heavy (non-hydrogen) atoms. The molecule has 0 aliphatic carbocycles. The van der Waals surface area contributed by atoms with Crippen molar-refractivity contribution in [3.05, 3.63) is 108 Å². The van der Waals surface area contributed by atoms with Gasteiger partial charge in [0.1, 0.15) is 11.6 Å². The standard InChI is InChI=1S/C33H42N2O3Si2/c1-24-33(23-25-17-11-8-12-18-25,30(36)34(24)32(39(2,3)4)40(5,6)7)35-28(26-19-13-9-14-20-26)29(38-31(35)37)27-21-15-10-16-22-27/h8-22,24,28-29,32H,23H2,1-7H3/t24?,28-,29+,33+/m0/s1. The van der Waals surface area contributed by atoms with Crippen molar-refractivity contribution >= 4 is 28.1 Å². The highest BCUT2D eigenvalue weighted by molar-refractivity contribution is 6.96. The number of nitrogens with zero attached hydrogens (tertiary/aromatic N) is 2. The molecule has 3 aromatic carbocycles. The fourth-order valence-corrected chi connectivity index (χ4v) is 20.2. The summed E-state index contributed by atoms with van der Waals surface area (Å²) in [5, 5.41) is 0.255. The Kier molecular flexibility index (Phi) is 7.34. The summed E-state index contributed by atoms with van der Waals surface area (Å²) < 4.78 is 6.21.